The zero-order valence-corrected chi connectivity index (χ0v) is 16.2. The second kappa shape index (κ2) is 7.63. The Hall–Kier alpha value is -2.67. The fourth-order valence-electron chi connectivity index (χ4n) is 2.63. The number of aromatic nitrogens is 1. The van der Waals surface area contributed by atoms with Crippen molar-refractivity contribution in [2.24, 2.45) is 0 Å². The van der Waals surface area contributed by atoms with Crippen molar-refractivity contribution in [2.75, 3.05) is 0 Å². The van der Waals surface area contributed by atoms with E-state index in [1.165, 1.54) is 0 Å². The summed E-state index contributed by atoms with van der Waals surface area (Å²) in [6.07, 6.45) is 1.94. The van der Waals surface area contributed by atoms with Gasteiger partial charge in [-0.15, -0.1) is 0 Å². The zero-order valence-electron chi connectivity index (χ0n) is 15.3. The molecule has 0 radical (unpaired) electrons. The molecule has 1 atom stereocenters. The molecule has 1 heterocycles. The summed E-state index contributed by atoms with van der Waals surface area (Å²) in [6.45, 7) is 2.32. The van der Waals surface area contributed by atoms with Crippen LogP contribution in [0.15, 0.2) is 72.9 Å². The Labute approximate surface area is 163 Å². The van der Waals surface area contributed by atoms with Gasteiger partial charge >= 0.3 is 33.0 Å². The van der Waals surface area contributed by atoms with Crippen molar-refractivity contribution < 1.29 is 34.5 Å². The molecule has 3 aromatic rings. The Morgan fingerprint density at radius 2 is 1.41 bits per heavy atom. The number of benzene rings is 2. The summed E-state index contributed by atoms with van der Waals surface area (Å²) < 4.78 is 61.2. The maximum absolute atomic E-state index is 12.3. The second-order valence-corrected chi connectivity index (χ2v) is 8.27. The van der Waals surface area contributed by atoms with Crippen LogP contribution in [0.25, 0.3) is 10.9 Å². The van der Waals surface area contributed by atoms with E-state index in [1.54, 1.807) is 0 Å². The van der Waals surface area contributed by atoms with Crippen LogP contribution in [0.4, 0.5) is 25.2 Å². The molecule has 0 unspecified atom stereocenters. The molecule has 2 aromatic carbocycles. The first kappa shape index (κ1) is 22.6. The average molecular weight is 436 g/mol. The molecule has 0 spiro atoms. The molecule has 0 bridgehead atoms. The van der Waals surface area contributed by atoms with Crippen molar-refractivity contribution >= 4 is 24.6 Å². The van der Waals surface area contributed by atoms with E-state index in [0.717, 1.165) is 16.5 Å². The number of nitrogens with zero attached hydrogens (tertiary/aromatic N) is 1. The van der Waals surface area contributed by atoms with Crippen molar-refractivity contribution in [1.29, 1.82) is 0 Å². The molecule has 0 fully saturated rings. The van der Waals surface area contributed by atoms with E-state index in [4.69, 9.17) is 0 Å². The fourth-order valence-corrected chi connectivity index (χ4v) is 2.63. The molecule has 1 N–H and O–H groups in total. The summed E-state index contributed by atoms with van der Waals surface area (Å²) in [5.41, 5.74) is 2.17. The van der Waals surface area contributed by atoms with Gasteiger partial charge in [-0.25, -0.2) is 0 Å². The van der Waals surface area contributed by atoms with Gasteiger partial charge in [-0.3, -0.25) is 4.79 Å². The molecule has 1 amide bonds. The molecule has 1 aromatic heterocycles. The van der Waals surface area contributed by atoms with Crippen molar-refractivity contribution in [3.05, 3.63) is 78.5 Å². The van der Waals surface area contributed by atoms with Gasteiger partial charge in [0.05, 0.1) is 6.04 Å². The molecule has 0 aliphatic heterocycles. The third-order valence-electron chi connectivity index (χ3n) is 3.78. The van der Waals surface area contributed by atoms with Gasteiger partial charge in [0.2, 0.25) is 12.1 Å². The molecular weight excluding hydrogens is 417 g/mol. The van der Waals surface area contributed by atoms with E-state index in [0.29, 0.717) is 6.54 Å². The van der Waals surface area contributed by atoms with Gasteiger partial charge < -0.3 is 5.32 Å². The van der Waals surface area contributed by atoms with Crippen LogP contribution in [-0.4, -0.2) is 5.91 Å². The van der Waals surface area contributed by atoms with Crippen molar-refractivity contribution in [2.45, 2.75) is 19.5 Å². The number of hydrogen-bond acceptors (Lipinski definition) is 1. The average Bonchev–Trinajstić information content (AvgIpc) is 2.60. The van der Waals surface area contributed by atoms with Gasteiger partial charge in [0.25, 0.3) is 5.91 Å². The number of nitrogens with one attached hydrogen (secondary N) is 1. The summed E-state index contributed by atoms with van der Waals surface area (Å²) >= 11 is 0. The molecular formula is C19H19F6N2OP. The Morgan fingerprint density at radius 3 is 2.03 bits per heavy atom. The van der Waals surface area contributed by atoms with Crippen LogP contribution in [-0.2, 0) is 11.3 Å². The van der Waals surface area contributed by atoms with E-state index in [9.17, 15) is 30.0 Å². The maximum atomic E-state index is 12.3. The first-order valence-electron chi connectivity index (χ1n) is 8.47. The molecule has 0 saturated carbocycles. The molecule has 3 rings (SSSR count). The molecule has 29 heavy (non-hydrogen) atoms. The standard InChI is InChI=1S/C19H18N2O.F6P/c1-15(16-8-3-2-4-9-16)20-19(22)14-21-13-7-11-17-10-5-6-12-18(17)21;1-7(2,3,4,5)6/h2-13,15H,14H2,1H3;/q;-1/p+1/t15-;/m1./s1. The van der Waals surface area contributed by atoms with E-state index in [1.807, 2.05) is 72.3 Å². The van der Waals surface area contributed by atoms with E-state index >= 15 is 0 Å². The van der Waals surface area contributed by atoms with Crippen LogP contribution in [0, 0.1) is 0 Å². The number of hydrogen-bond donors (Lipinski definition) is 1. The Kier molecular flexibility index (Phi) is 5.95. The molecule has 0 aliphatic carbocycles. The number of carbonyl (C=O) groups is 1. The Morgan fingerprint density at radius 1 is 0.897 bits per heavy atom. The van der Waals surface area contributed by atoms with E-state index < -0.39 is 7.81 Å². The normalized spacial score (nSPS) is 14.7. The molecule has 3 nitrogen and oxygen atoms in total. The van der Waals surface area contributed by atoms with Gasteiger partial charge in [0, 0.05) is 17.5 Å². The number of pyridine rings is 1. The first-order valence-corrected chi connectivity index (χ1v) is 10.5. The van der Waals surface area contributed by atoms with Gasteiger partial charge in [0.15, 0.2) is 6.20 Å². The number of amides is 1. The number of carbonyl (C=O) groups excluding carboxylic acids is 1. The molecule has 158 valence electrons. The van der Waals surface area contributed by atoms with Crippen LogP contribution < -0.4 is 9.88 Å². The molecule has 0 aliphatic rings. The quantitative estimate of drug-likeness (QED) is 0.287. The summed E-state index contributed by atoms with van der Waals surface area (Å²) in [5, 5.41) is 4.18. The Balaban J connectivity index is 0.000000370. The van der Waals surface area contributed by atoms with Gasteiger partial charge in [-0.2, -0.15) is 4.57 Å². The van der Waals surface area contributed by atoms with Crippen molar-refractivity contribution in [3.63, 3.8) is 0 Å². The number of halogens is 6. The fraction of sp³-hybridized carbons (Fsp3) is 0.158. The minimum absolute atomic E-state index is 0.00396. The van der Waals surface area contributed by atoms with Crippen molar-refractivity contribution in [1.82, 2.24) is 5.32 Å². The van der Waals surface area contributed by atoms with Crippen LogP contribution in [0.5, 0.6) is 0 Å². The minimum atomic E-state index is -10.7. The van der Waals surface area contributed by atoms with Crippen molar-refractivity contribution in [3.8, 4) is 0 Å². The van der Waals surface area contributed by atoms with Gasteiger partial charge in [-0.05, 0) is 24.6 Å². The van der Waals surface area contributed by atoms with Gasteiger partial charge in [0.1, 0.15) is 0 Å². The number of fused-ring (bicyclic) bond motifs is 1. The van der Waals surface area contributed by atoms with Crippen LogP contribution in [0.3, 0.4) is 0 Å². The molecule has 0 saturated heterocycles. The second-order valence-electron chi connectivity index (χ2n) is 6.35. The predicted octanol–water partition coefficient (Wildman–Crippen LogP) is 6.39. The van der Waals surface area contributed by atoms with E-state index in [-0.39, 0.29) is 11.9 Å². The number of rotatable bonds is 4. The number of para-hydroxylation sites is 1. The summed E-state index contributed by atoms with van der Waals surface area (Å²) in [4.78, 5) is 12.3. The van der Waals surface area contributed by atoms with E-state index in [2.05, 4.69) is 17.4 Å². The first-order chi connectivity index (χ1) is 13.2. The molecule has 10 heteroatoms. The topological polar surface area (TPSA) is 33.0 Å². The Bertz CT molecular complexity index is 978. The predicted molar refractivity (Wildman–Crippen MR) is 101 cm³/mol. The zero-order chi connectivity index (χ0) is 21.8. The van der Waals surface area contributed by atoms with Crippen LogP contribution >= 0.6 is 7.81 Å². The van der Waals surface area contributed by atoms with Crippen LogP contribution in [0.1, 0.15) is 18.5 Å². The SMILES string of the molecule is C[C@@H](NC(=O)C[n+]1cccc2ccccc21)c1ccccc1.F[P-](F)(F)(F)(F)F. The third-order valence-corrected chi connectivity index (χ3v) is 3.78. The summed E-state index contributed by atoms with van der Waals surface area (Å²) in [7, 11) is -10.7. The summed E-state index contributed by atoms with van der Waals surface area (Å²) in [6, 6.07) is 22.1. The third kappa shape index (κ3) is 9.38. The van der Waals surface area contributed by atoms with Gasteiger partial charge in [-0.1, -0.05) is 42.5 Å². The monoisotopic (exact) mass is 436 g/mol. The summed E-state index contributed by atoms with van der Waals surface area (Å²) in [5.74, 6) is 0.0118. The van der Waals surface area contributed by atoms with Crippen LogP contribution in [0.2, 0.25) is 0 Å².